The topological polar surface area (TPSA) is 0 Å². The van der Waals surface area contributed by atoms with Crippen molar-refractivity contribution in [2.45, 2.75) is 0 Å². The number of hydrogen-bond donors (Lipinski definition) is 0. The molecule has 13 heavy (non-hydrogen) atoms. The quantitative estimate of drug-likeness (QED) is 0.403. The molecular weight excluding hydrogens is 219 g/mol. The first-order valence-corrected chi connectivity index (χ1v) is 5.49. The van der Waals surface area contributed by atoms with Crippen LogP contribution in [0.5, 0.6) is 0 Å². The van der Waals surface area contributed by atoms with Crippen LogP contribution < -0.4 is 5.30 Å². The maximum absolute atomic E-state index is 2.19. The molecule has 0 saturated heterocycles. The van der Waals surface area contributed by atoms with Gasteiger partial charge in [-0.1, -0.05) is 6.66 Å². The van der Waals surface area contributed by atoms with Crippen LogP contribution in [0, 0.1) is 0 Å². The number of rotatable bonds is 1. The Balaban J connectivity index is 0.000000215. The largest absolute Gasteiger partial charge is 2.00 e. The second-order valence-electron chi connectivity index (χ2n) is 2.39. The molecule has 0 aromatic heterocycles. The molecule has 2 rings (SSSR count). The molecule has 0 bridgehead atoms. The first-order chi connectivity index (χ1) is 5.93. The molecule has 2 aromatic carbocycles. The second-order valence-corrected chi connectivity index (χ2v) is 3.46. The van der Waals surface area contributed by atoms with Crippen molar-refractivity contribution in [3.8, 4) is 0 Å². The van der Waals surface area contributed by atoms with E-state index in [0.717, 1.165) is 8.58 Å². The van der Waals surface area contributed by atoms with Crippen LogP contribution in [-0.2, 0) is 17.1 Å². The van der Waals surface area contributed by atoms with Crippen LogP contribution in [0.1, 0.15) is 0 Å². The molecule has 1 unspecified atom stereocenters. The van der Waals surface area contributed by atoms with Gasteiger partial charge in [0.15, 0.2) is 0 Å². The summed E-state index contributed by atoms with van der Waals surface area (Å²) in [7, 11) is 0.954. The Bertz CT molecular complexity index is 241. The fourth-order valence-corrected chi connectivity index (χ4v) is 1.39. The van der Waals surface area contributed by atoms with E-state index < -0.39 is 0 Å². The van der Waals surface area contributed by atoms with Crippen molar-refractivity contribution in [1.29, 1.82) is 0 Å². The molecule has 0 aliphatic rings. The molecule has 0 saturated carbocycles. The SMILES string of the molecule is CP[c-]1cccc1.[Fe+2].c1cc[cH-]c1. The summed E-state index contributed by atoms with van der Waals surface area (Å²) < 4.78 is 0. The summed E-state index contributed by atoms with van der Waals surface area (Å²) in [4.78, 5) is 0. The van der Waals surface area contributed by atoms with Crippen molar-refractivity contribution in [1.82, 2.24) is 0 Å². The molecule has 0 heterocycles. The van der Waals surface area contributed by atoms with E-state index in [9.17, 15) is 0 Å². The van der Waals surface area contributed by atoms with Crippen LogP contribution >= 0.6 is 8.58 Å². The van der Waals surface area contributed by atoms with Crippen LogP contribution in [0.3, 0.4) is 0 Å². The molecule has 0 nitrogen and oxygen atoms in total. The molecule has 0 radical (unpaired) electrons. The van der Waals surface area contributed by atoms with Gasteiger partial charge in [-0.15, -0.1) is 5.30 Å². The molecule has 0 aliphatic heterocycles. The molecule has 70 valence electrons. The fourth-order valence-electron chi connectivity index (χ4n) is 0.861. The van der Waals surface area contributed by atoms with Gasteiger partial charge in [-0.05, 0) is 0 Å². The van der Waals surface area contributed by atoms with Gasteiger partial charge in [0, 0.05) is 0 Å². The van der Waals surface area contributed by atoms with Gasteiger partial charge < -0.3 is 0 Å². The number of hydrogen-bond acceptors (Lipinski definition) is 0. The predicted molar refractivity (Wildman–Crippen MR) is 57.9 cm³/mol. The zero-order valence-electron chi connectivity index (χ0n) is 7.55. The van der Waals surface area contributed by atoms with Gasteiger partial charge in [-0.3, -0.25) is 0 Å². The standard InChI is InChI=1S/C6H8P.C5H5.Fe/c1-7-6-4-2-3-5-6;1-2-4-5-3-1;/h2-5,7H,1H3;1-5H;/q2*-1;+2. The van der Waals surface area contributed by atoms with Gasteiger partial charge in [0.25, 0.3) is 0 Å². The third-order valence-electron chi connectivity index (χ3n) is 1.51. The Hall–Kier alpha value is -0.351. The van der Waals surface area contributed by atoms with E-state index in [0.29, 0.717) is 0 Å². The second kappa shape index (κ2) is 8.26. The van der Waals surface area contributed by atoms with Crippen molar-refractivity contribution < 1.29 is 17.1 Å². The molecule has 1 atom stereocenters. The van der Waals surface area contributed by atoms with Crippen molar-refractivity contribution in [3.63, 3.8) is 0 Å². The van der Waals surface area contributed by atoms with Crippen LogP contribution in [0.15, 0.2) is 54.6 Å². The Morgan fingerprint density at radius 2 is 1.54 bits per heavy atom. The van der Waals surface area contributed by atoms with Crippen LogP contribution in [-0.4, -0.2) is 6.66 Å². The molecule has 0 aliphatic carbocycles. The summed E-state index contributed by atoms with van der Waals surface area (Å²) in [5, 5.41) is 1.46. The van der Waals surface area contributed by atoms with E-state index in [1.54, 1.807) is 0 Å². The van der Waals surface area contributed by atoms with Gasteiger partial charge in [0.1, 0.15) is 0 Å². The summed E-state index contributed by atoms with van der Waals surface area (Å²) in [5.74, 6) is 0. The summed E-state index contributed by atoms with van der Waals surface area (Å²) in [5.41, 5.74) is 0. The smallest absolute Gasteiger partial charge is 0.214 e. The first-order valence-electron chi connectivity index (χ1n) is 3.99. The Kier molecular flexibility index (Phi) is 8.03. The summed E-state index contributed by atoms with van der Waals surface area (Å²) in [6, 6.07) is 18.5. The van der Waals surface area contributed by atoms with Crippen LogP contribution in [0.25, 0.3) is 0 Å². The van der Waals surface area contributed by atoms with E-state index in [1.807, 2.05) is 30.3 Å². The average molecular weight is 232 g/mol. The van der Waals surface area contributed by atoms with Crippen molar-refractivity contribution in [2.24, 2.45) is 0 Å². The third-order valence-corrected chi connectivity index (χ3v) is 2.42. The molecule has 2 aromatic rings. The summed E-state index contributed by atoms with van der Waals surface area (Å²) >= 11 is 0. The van der Waals surface area contributed by atoms with Crippen LogP contribution in [0.2, 0.25) is 0 Å². The monoisotopic (exact) mass is 232 g/mol. The van der Waals surface area contributed by atoms with Crippen molar-refractivity contribution in [2.75, 3.05) is 6.66 Å². The summed E-state index contributed by atoms with van der Waals surface area (Å²) in [6.45, 7) is 2.19. The van der Waals surface area contributed by atoms with E-state index in [4.69, 9.17) is 0 Å². The van der Waals surface area contributed by atoms with E-state index in [1.165, 1.54) is 5.30 Å². The minimum absolute atomic E-state index is 0. The maximum Gasteiger partial charge on any atom is 2.00 e. The van der Waals surface area contributed by atoms with Crippen molar-refractivity contribution >= 4 is 13.9 Å². The van der Waals surface area contributed by atoms with E-state index in [2.05, 4.69) is 30.9 Å². The van der Waals surface area contributed by atoms with E-state index in [-0.39, 0.29) is 17.1 Å². The van der Waals surface area contributed by atoms with Crippen LogP contribution in [0.4, 0.5) is 0 Å². The Morgan fingerprint density at radius 3 is 1.77 bits per heavy atom. The fraction of sp³-hybridized carbons (Fsp3) is 0.0909. The van der Waals surface area contributed by atoms with E-state index >= 15 is 0 Å². The third kappa shape index (κ3) is 5.82. The first kappa shape index (κ1) is 12.6. The van der Waals surface area contributed by atoms with Gasteiger partial charge in [-0.2, -0.15) is 38.9 Å². The van der Waals surface area contributed by atoms with Crippen molar-refractivity contribution in [3.05, 3.63) is 54.6 Å². The molecule has 0 amide bonds. The minimum Gasteiger partial charge on any atom is -0.214 e. The molecular formula is C11H13FeP. The van der Waals surface area contributed by atoms with Gasteiger partial charge >= 0.3 is 17.1 Å². The normalized spacial score (nSPS) is 9.00. The zero-order chi connectivity index (χ0) is 8.65. The molecule has 2 heteroatoms. The minimum atomic E-state index is 0. The predicted octanol–water partition coefficient (Wildman–Crippen LogP) is 2.74. The van der Waals surface area contributed by atoms with Gasteiger partial charge in [0.2, 0.25) is 0 Å². The molecule has 0 spiro atoms. The zero-order valence-corrected chi connectivity index (χ0v) is 9.65. The molecule has 0 N–H and O–H groups in total. The summed E-state index contributed by atoms with van der Waals surface area (Å²) in [6.07, 6.45) is 0. The maximum atomic E-state index is 2.19. The Labute approximate surface area is 92.3 Å². The van der Waals surface area contributed by atoms with Gasteiger partial charge in [0.05, 0.1) is 0 Å². The Morgan fingerprint density at radius 1 is 1.00 bits per heavy atom. The average Bonchev–Trinajstić information content (AvgIpc) is 2.81. The molecule has 0 fully saturated rings. The van der Waals surface area contributed by atoms with Gasteiger partial charge in [-0.25, -0.2) is 24.3 Å².